The summed E-state index contributed by atoms with van der Waals surface area (Å²) in [6.07, 6.45) is 2.91. The maximum Gasteiger partial charge on any atom is 0.126 e. The smallest absolute Gasteiger partial charge is 0.126 e. The summed E-state index contributed by atoms with van der Waals surface area (Å²) in [7, 11) is 1.64. The van der Waals surface area contributed by atoms with E-state index in [2.05, 4.69) is 9.88 Å². The molecule has 3 aromatic rings. The second-order valence-corrected chi connectivity index (χ2v) is 9.10. The maximum atomic E-state index is 10.9. The minimum absolute atomic E-state index is 0.362. The van der Waals surface area contributed by atoms with Gasteiger partial charge in [-0.1, -0.05) is 11.6 Å². The number of benzene rings is 2. The summed E-state index contributed by atoms with van der Waals surface area (Å²) in [6, 6.07) is 11.3. The van der Waals surface area contributed by atoms with Gasteiger partial charge in [0, 0.05) is 65.4 Å². The summed E-state index contributed by atoms with van der Waals surface area (Å²) < 4.78 is 11.6. The highest BCUT2D eigenvalue weighted by Gasteiger charge is 2.43. The Kier molecular flexibility index (Phi) is 5.34. The molecule has 1 fully saturated rings. The first kappa shape index (κ1) is 20.6. The van der Waals surface area contributed by atoms with E-state index in [1.54, 1.807) is 19.2 Å². The Balaban J connectivity index is 1.25. The fraction of sp³-hybridized carbons (Fsp3) is 0.417. The third-order valence-corrected chi connectivity index (χ3v) is 6.94. The van der Waals surface area contributed by atoms with Crippen molar-refractivity contribution in [3.63, 3.8) is 0 Å². The Bertz CT molecular complexity index is 1090. The predicted octanol–water partition coefficient (Wildman–Crippen LogP) is 4.21. The molecule has 1 saturated heterocycles. The number of piperidine rings is 1. The fourth-order valence-corrected chi connectivity index (χ4v) is 5.11. The summed E-state index contributed by atoms with van der Waals surface area (Å²) >= 11 is 6.08. The number of hydrogen-bond donors (Lipinski definition) is 3. The van der Waals surface area contributed by atoms with E-state index in [0.29, 0.717) is 18.0 Å². The van der Waals surface area contributed by atoms with Gasteiger partial charge in [0.25, 0.3) is 0 Å². The summed E-state index contributed by atoms with van der Waals surface area (Å²) in [4.78, 5) is 5.50. The molecule has 2 aliphatic rings. The van der Waals surface area contributed by atoms with Crippen molar-refractivity contribution in [2.45, 2.75) is 37.1 Å². The summed E-state index contributed by atoms with van der Waals surface area (Å²) in [5.41, 5.74) is 2.26. The lowest BCUT2D eigenvalue weighted by atomic mass is 9.81. The molecule has 164 valence electrons. The van der Waals surface area contributed by atoms with Gasteiger partial charge in [0.05, 0.1) is 19.3 Å². The molecular formula is C24H27ClN2O4. The average Bonchev–Trinajstić information content (AvgIpc) is 3.19. The number of nitrogens with one attached hydrogen (secondary N) is 1. The van der Waals surface area contributed by atoms with E-state index >= 15 is 0 Å². The summed E-state index contributed by atoms with van der Waals surface area (Å²) in [6.45, 7) is 2.18. The Morgan fingerprint density at radius 2 is 2.06 bits per heavy atom. The zero-order chi connectivity index (χ0) is 21.6. The molecule has 0 saturated carbocycles. The molecule has 3 heterocycles. The molecular weight excluding hydrogens is 416 g/mol. The quantitative estimate of drug-likeness (QED) is 0.564. The first-order chi connectivity index (χ1) is 15.0. The zero-order valence-corrected chi connectivity index (χ0v) is 18.2. The molecule has 2 atom stereocenters. The lowest BCUT2D eigenvalue weighted by molar-refractivity contribution is -0.0587. The summed E-state index contributed by atoms with van der Waals surface area (Å²) in [5.74, 6) is 1.51. The molecule has 0 amide bonds. The number of rotatable bonds is 4. The van der Waals surface area contributed by atoms with Gasteiger partial charge >= 0.3 is 0 Å². The number of aromatic nitrogens is 1. The van der Waals surface area contributed by atoms with Gasteiger partial charge < -0.3 is 29.6 Å². The van der Waals surface area contributed by atoms with Gasteiger partial charge in [0.1, 0.15) is 17.1 Å². The van der Waals surface area contributed by atoms with Crippen LogP contribution in [0.25, 0.3) is 10.9 Å². The van der Waals surface area contributed by atoms with Gasteiger partial charge in [-0.2, -0.15) is 0 Å². The van der Waals surface area contributed by atoms with E-state index in [9.17, 15) is 10.2 Å². The molecule has 6 nitrogen and oxygen atoms in total. The van der Waals surface area contributed by atoms with Crippen LogP contribution < -0.4 is 9.47 Å². The number of methoxy groups -OCH3 is 1. The SMILES string of the molecule is COc1ccc2c([C@H](O)CN3CCC4(CC3)C[C@H](O)c3cc(Cl)ccc3O4)c[nH]c2c1. The predicted molar refractivity (Wildman–Crippen MR) is 120 cm³/mol. The van der Waals surface area contributed by atoms with Crippen molar-refractivity contribution < 1.29 is 19.7 Å². The number of aliphatic hydroxyl groups is 2. The van der Waals surface area contributed by atoms with E-state index in [1.807, 2.05) is 30.5 Å². The van der Waals surface area contributed by atoms with Crippen LogP contribution >= 0.6 is 11.6 Å². The zero-order valence-electron chi connectivity index (χ0n) is 17.5. The molecule has 1 spiro atoms. The minimum atomic E-state index is -0.586. The third-order valence-electron chi connectivity index (χ3n) is 6.70. The van der Waals surface area contributed by atoms with Crippen LogP contribution in [0.1, 0.15) is 42.6 Å². The number of hydrogen-bond acceptors (Lipinski definition) is 5. The Hall–Kier alpha value is -2.25. The second-order valence-electron chi connectivity index (χ2n) is 8.66. The van der Waals surface area contributed by atoms with Crippen molar-refractivity contribution in [2.75, 3.05) is 26.7 Å². The van der Waals surface area contributed by atoms with Crippen molar-refractivity contribution in [1.29, 1.82) is 0 Å². The first-order valence-electron chi connectivity index (χ1n) is 10.7. The number of aliphatic hydroxyl groups excluding tert-OH is 2. The van der Waals surface area contributed by atoms with Crippen LogP contribution in [-0.2, 0) is 0 Å². The van der Waals surface area contributed by atoms with Gasteiger partial charge in [0.15, 0.2) is 0 Å². The van der Waals surface area contributed by atoms with Gasteiger partial charge in [-0.15, -0.1) is 0 Å². The molecule has 5 rings (SSSR count). The molecule has 0 bridgehead atoms. The maximum absolute atomic E-state index is 10.9. The highest BCUT2D eigenvalue weighted by atomic mass is 35.5. The number of H-pyrrole nitrogens is 1. The molecule has 2 aliphatic heterocycles. The fourth-order valence-electron chi connectivity index (χ4n) is 4.93. The number of β-amino-alcohol motifs (C(OH)–C–C–N with tert-alkyl or cyclic N) is 1. The van der Waals surface area contributed by atoms with E-state index < -0.39 is 12.2 Å². The van der Waals surface area contributed by atoms with E-state index in [-0.39, 0.29) is 5.60 Å². The molecule has 2 aromatic carbocycles. The molecule has 31 heavy (non-hydrogen) atoms. The summed E-state index contributed by atoms with van der Waals surface area (Å²) in [5, 5.41) is 23.2. The number of ether oxygens (including phenoxy) is 2. The Morgan fingerprint density at radius 1 is 1.26 bits per heavy atom. The van der Waals surface area contributed by atoms with Crippen LogP contribution in [-0.4, -0.2) is 52.4 Å². The average molecular weight is 443 g/mol. The number of aromatic amines is 1. The van der Waals surface area contributed by atoms with Crippen molar-refractivity contribution in [2.24, 2.45) is 0 Å². The first-order valence-corrected chi connectivity index (χ1v) is 11.1. The standard InChI is InChI=1S/C24H27ClN2O4/c1-30-16-3-4-17-19(13-26-20(17)11-16)22(29)14-27-8-6-24(7-9-27)12-21(28)18-10-15(25)2-5-23(18)31-24/h2-5,10-11,13,21-22,26,28-29H,6-9,12,14H2,1H3/t21-,22+/m0/s1. The van der Waals surface area contributed by atoms with Gasteiger partial charge in [0.2, 0.25) is 0 Å². The molecule has 0 unspecified atom stereocenters. The lowest BCUT2D eigenvalue weighted by Gasteiger charge is -2.46. The minimum Gasteiger partial charge on any atom is -0.497 e. The van der Waals surface area contributed by atoms with Crippen molar-refractivity contribution in [1.82, 2.24) is 9.88 Å². The second kappa shape index (κ2) is 8.02. The highest BCUT2D eigenvalue weighted by Crippen LogP contribution is 2.45. The molecule has 0 radical (unpaired) electrons. The van der Waals surface area contributed by atoms with E-state index in [0.717, 1.165) is 59.5 Å². The van der Waals surface area contributed by atoms with Crippen LogP contribution in [0.2, 0.25) is 5.02 Å². The largest absolute Gasteiger partial charge is 0.497 e. The van der Waals surface area contributed by atoms with E-state index in [4.69, 9.17) is 21.1 Å². The number of halogens is 1. The Morgan fingerprint density at radius 3 is 2.84 bits per heavy atom. The Labute approximate surface area is 186 Å². The normalized spacial score (nSPS) is 21.6. The number of nitrogens with zero attached hydrogens (tertiary/aromatic N) is 1. The van der Waals surface area contributed by atoms with Gasteiger partial charge in [-0.25, -0.2) is 0 Å². The van der Waals surface area contributed by atoms with Crippen LogP contribution in [0.15, 0.2) is 42.6 Å². The molecule has 7 heteroatoms. The molecule has 3 N–H and O–H groups in total. The van der Waals surface area contributed by atoms with Crippen LogP contribution in [0.4, 0.5) is 0 Å². The lowest BCUT2D eigenvalue weighted by Crippen LogP contribution is -2.51. The highest BCUT2D eigenvalue weighted by molar-refractivity contribution is 6.30. The van der Waals surface area contributed by atoms with E-state index in [1.165, 1.54) is 0 Å². The monoisotopic (exact) mass is 442 g/mol. The van der Waals surface area contributed by atoms with Crippen molar-refractivity contribution in [3.05, 3.63) is 58.7 Å². The molecule has 0 aliphatic carbocycles. The number of fused-ring (bicyclic) bond motifs is 2. The number of likely N-dealkylation sites (tertiary alicyclic amines) is 1. The third kappa shape index (κ3) is 3.89. The van der Waals surface area contributed by atoms with Crippen LogP contribution in [0, 0.1) is 0 Å². The van der Waals surface area contributed by atoms with Gasteiger partial charge in [-0.3, -0.25) is 0 Å². The van der Waals surface area contributed by atoms with Gasteiger partial charge in [-0.05, 0) is 43.2 Å². The van der Waals surface area contributed by atoms with Crippen LogP contribution in [0.3, 0.4) is 0 Å². The molecule has 1 aromatic heterocycles. The topological polar surface area (TPSA) is 78.0 Å². The van der Waals surface area contributed by atoms with Crippen LogP contribution in [0.5, 0.6) is 11.5 Å². The van der Waals surface area contributed by atoms with Crippen molar-refractivity contribution >= 4 is 22.5 Å². The van der Waals surface area contributed by atoms with Crippen molar-refractivity contribution in [3.8, 4) is 11.5 Å².